The molecule has 1 heterocycles. The molecule has 0 atom stereocenters. The Morgan fingerprint density at radius 1 is 1.24 bits per heavy atom. The van der Waals surface area contributed by atoms with Gasteiger partial charge in [-0.2, -0.15) is 0 Å². The Kier molecular flexibility index (Phi) is 3.47. The summed E-state index contributed by atoms with van der Waals surface area (Å²) in [6, 6.07) is 11.6. The summed E-state index contributed by atoms with van der Waals surface area (Å²) in [5, 5.41) is 0.306. The highest BCUT2D eigenvalue weighted by molar-refractivity contribution is 6.31. The minimum atomic E-state index is -0.396. The van der Waals surface area contributed by atoms with E-state index >= 15 is 0 Å². The molecule has 5 heteroatoms. The number of nitrogens with zero attached hydrogens (tertiary/aromatic N) is 2. The van der Waals surface area contributed by atoms with Crippen molar-refractivity contribution in [2.24, 2.45) is 0 Å². The Morgan fingerprint density at radius 3 is 2.76 bits per heavy atom. The van der Waals surface area contributed by atoms with Crippen molar-refractivity contribution in [1.82, 2.24) is 9.55 Å². The summed E-state index contributed by atoms with van der Waals surface area (Å²) >= 11 is 6.05. The normalized spacial score (nSPS) is 11.0. The van der Waals surface area contributed by atoms with Crippen LogP contribution >= 0.6 is 11.6 Å². The molecule has 0 saturated heterocycles. The van der Waals surface area contributed by atoms with E-state index < -0.39 is 5.82 Å². The molecule has 3 aromatic rings. The predicted octanol–water partition coefficient (Wildman–Crippen LogP) is 3.55. The fourth-order valence-electron chi connectivity index (χ4n) is 2.30. The number of rotatable bonds is 2. The monoisotopic (exact) mass is 302 g/mol. The van der Waals surface area contributed by atoms with Crippen LogP contribution in [0.4, 0.5) is 4.39 Å². The Labute approximate surface area is 125 Å². The molecule has 0 fully saturated rings. The van der Waals surface area contributed by atoms with Crippen LogP contribution in [-0.4, -0.2) is 9.55 Å². The van der Waals surface area contributed by atoms with Crippen LogP contribution in [0.3, 0.4) is 0 Å². The van der Waals surface area contributed by atoms with E-state index in [2.05, 4.69) is 4.98 Å². The standard InChI is InChI=1S/C16H12ClFN2O/c1-10-16(21)20(15-5-3-2-4-14(15)19-10)9-11-6-7-12(18)8-13(11)17/h2-8H,9H2,1H3. The van der Waals surface area contributed by atoms with Crippen LogP contribution in [-0.2, 0) is 6.54 Å². The van der Waals surface area contributed by atoms with Gasteiger partial charge in [0.1, 0.15) is 11.5 Å². The zero-order valence-corrected chi connectivity index (χ0v) is 12.1. The lowest BCUT2D eigenvalue weighted by Crippen LogP contribution is -2.24. The van der Waals surface area contributed by atoms with Crippen molar-refractivity contribution in [3.63, 3.8) is 0 Å². The smallest absolute Gasteiger partial charge is 0.272 e. The van der Waals surface area contributed by atoms with Crippen LogP contribution in [0.2, 0.25) is 5.02 Å². The van der Waals surface area contributed by atoms with Gasteiger partial charge in [0, 0.05) is 5.02 Å². The number of benzene rings is 2. The summed E-state index contributed by atoms with van der Waals surface area (Å²) in [6.07, 6.45) is 0. The quantitative estimate of drug-likeness (QED) is 0.725. The van der Waals surface area contributed by atoms with E-state index in [0.29, 0.717) is 16.3 Å². The topological polar surface area (TPSA) is 34.9 Å². The van der Waals surface area contributed by atoms with Gasteiger partial charge in [0.25, 0.3) is 5.56 Å². The van der Waals surface area contributed by atoms with Crippen LogP contribution in [0, 0.1) is 12.7 Å². The van der Waals surface area contributed by atoms with Crippen molar-refractivity contribution < 1.29 is 4.39 Å². The lowest BCUT2D eigenvalue weighted by atomic mass is 10.2. The van der Waals surface area contributed by atoms with Gasteiger partial charge < -0.3 is 4.57 Å². The van der Waals surface area contributed by atoms with Crippen molar-refractivity contribution in [2.45, 2.75) is 13.5 Å². The molecule has 0 saturated carbocycles. The molecule has 0 aliphatic heterocycles. The third kappa shape index (κ3) is 2.54. The highest BCUT2D eigenvalue weighted by atomic mass is 35.5. The van der Waals surface area contributed by atoms with Crippen molar-refractivity contribution in [3.8, 4) is 0 Å². The van der Waals surface area contributed by atoms with E-state index in [0.717, 1.165) is 11.0 Å². The van der Waals surface area contributed by atoms with Gasteiger partial charge in [0.05, 0.1) is 17.6 Å². The third-order valence-electron chi connectivity index (χ3n) is 3.36. The van der Waals surface area contributed by atoms with Gasteiger partial charge in [-0.05, 0) is 36.8 Å². The van der Waals surface area contributed by atoms with Crippen LogP contribution in [0.5, 0.6) is 0 Å². The van der Waals surface area contributed by atoms with E-state index in [1.807, 2.05) is 24.3 Å². The second kappa shape index (κ2) is 5.30. The van der Waals surface area contributed by atoms with Gasteiger partial charge in [-0.3, -0.25) is 4.79 Å². The fraction of sp³-hybridized carbons (Fsp3) is 0.125. The first-order chi connectivity index (χ1) is 10.1. The van der Waals surface area contributed by atoms with Crippen molar-refractivity contribution in [3.05, 3.63) is 74.9 Å². The van der Waals surface area contributed by atoms with Crippen molar-refractivity contribution in [1.29, 1.82) is 0 Å². The molecule has 0 aliphatic carbocycles. The molecule has 21 heavy (non-hydrogen) atoms. The van der Waals surface area contributed by atoms with E-state index in [4.69, 9.17) is 11.6 Å². The van der Waals surface area contributed by atoms with E-state index in [-0.39, 0.29) is 12.1 Å². The number of aromatic nitrogens is 2. The molecule has 0 bridgehead atoms. The molecular formula is C16H12ClFN2O. The summed E-state index contributed by atoms with van der Waals surface area (Å²) in [5.74, 6) is -0.396. The van der Waals surface area contributed by atoms with Crippen LogP contribution in [0.25, 0.3) is 11.0 Å². The molecule has 2 aromatic carbocycles. The Morgan fingerprint density at radius 2 is 2.00 bits per heavy atom. The average molecular weight is 303 g/mol. The maximum atomic E-state index is 13.1. The first-order valence-corrected chi connectivity index (χ1v) is 6.84. The summed E-state index contributed by atoms with van der Waals surface area (Å²) in [4.78, 5) is 16.6. The maximum absolute atomic E-state index is 13.1. The molecule has 3 nitrogen and oxygen atoms in total. The Hall–Kier alpha value is -2.20. The second-order valence-corrected chi connectivity index (χ2v) is 5.22. The molecule has 0 spiro atoms. The molecule has 0 aliphatic rings. The number of fused-ring (bicyclic) bond motifs is 1. The van der Waals surface area contributed by atoms with Gasteiger partial charge in [0.2, 0.25) is 0 Å². The minimum absolute atomic E-state index is 0.172. The van der Waals surface area contributed by atoms with Crippen LogP contribution < -0.4 is 5.56 Å². The van der Waals surface area contributed by atoms with Crippen molar-refractivity contribution in [2.75, 3.05) is 0 Å². The van der Waals surface area contributed by atoms with Crippen LogP contribution in [0.15, 0.2) is 47.3 Å². The molecule has 3 rings (SSSR count). The first-order valence-electron chi connectivity index (χ1n) is 6.46. The minimum Gasteiger partial charge on any atom is -0.301 e. The molecular weight excluding hydrogens is 291 g/mol. The number of hydrogen-bond donors (Lipinski definition) is 0. The molecule has 0 radical (unpaired) electrons. The highest BCUT2D eigenvalue weighted by Crippen LogP contribution is 2.19. The van der Waals surface area contributed by atoms with E-state index in [9.17, 15) is 9.18 Å². The summed E-state index contributed by atoms with van der Waals surface area (Å²) in [5.41, 5.74) is 2.42. The summed E-state index contributed by atoms with van der Waals surface area (Å²) in [7, 11) is 0. The number of halogens is 2. The summed E-state index contributed by atoms with van der Waals surface area (Å²) < 4.78 is 14.7. The molecule has 106 valence electrons. The highest BCUT2D eigenvalue weighted by Gasteiger charge is 2.10. The number of aryl methyl sites for hydroxylation is 1. The fourth-order valence-corrected chi connectivity index (χ4v) is 2.52. The number of para-hydroxylation sites is 2. The SMILES string of the molecule is Cc1nc2ccccc2n(Cc2ccc(F)cc2Cl)c1=O. The van der Waals surface area contributed by atoms with Crippen molar-refractivity contribution >= 4 is 22.6 Å². The van der Waals surface area contributed by atoms with Gasteiger partial charge in [0.15, 0.2) is 0 Å². The zero-order chi connectivity index (χ0) is 15.0. The Bertz CT molecular complexity index is 889. The molecule has 0 N–H and O–H groups in total. The van der Waals surface area contributed by atoms with Crippen LogP contribution in [0.1, 0.15) is 11.3 Å². The first kappa shape index (κ1) is 13.8. The molecule has 0 unspecified atom stereocenters. The third-order valence-corrected chi connectivity index (χ3v) is 3.71. The molecule has 1 aromatic heterocycles. The van der Waals surface area contributed by atoms with Gasteiger partial charge >= 0.3 is 0 Å². The lowest BCUT2D eigenvalue weighted by Gasteiger charge is -2.12. The van der Waals surface area contributed by atoms with E-state index in [1.165, 1.54) is 12.1 Å². The van der Waals surface area contributed by atoms with Gasteiger partial charge in [-0.15, -0.1) is 0 Å². The number of hydrogen-bond acceptors (Lipinski definition) is 2. The Balaban J connectivity index is 2.20. The van der Waals surface area contributed by atoms with Gasteiger partial charge in [-0.1, -0.05) is 29.8 Å². The summed E-state index contributed by atoms with van der Waals surface area (Å²) in [6.45, 7) is 1.96. The largest absolute Gasteiger partial charge is 0.301 e. The predicted molar refractivity (Wildman–Crippen MR) is 81.3 cm³/mol. The average Bonchev–Trinajstić information content (AvgIpc) is 2.46. The maximum Gasteiger partial charge on any atom is 0.272 e. The van der Waals surface area contributed by atoms with E-state index in [1.54, 1.807) is 17.6 Å². The lowest BCUT2D eigenvalue weighted by molar-refractivity contribution is 0.626. The molecule has 0 amide bonds. The zero-order valence-electron chi connectivity index (χ0n) is 11.3. The van der Waals surface area contributed by atoms with Gasteiger partial charge in [-0.25, -0.2) is 9.37 Å². The second-order valence-electron chi connectivity index (χ2n) is 4.81.